The number of anilines is 1. The second-order valence-electron chi connectivity index (χ2n) is 4.62. The second-order valence-corrected chi connectivity index (χ2v) is 4.62. The summed E-state index contributed by atoms with van der Waals surface area (Å²) in [6.45, 7) is 1.72. The third kappa shape index (κ3) is 2.59. The lowest BCUT2D eigenvalue weighted by atomic mass is 10.0. The Bertz CT molecular complexity index is 827. The number of nitrogens with two attached hydrogens (primary N) is 1. The lowest BCUT2D eigenvalue weighted by Crippen LogP contribution is -2.07. The van der Waals surface area contributed by atoms with Crippen molar-refractivity contribution in [2.24, 2.45) is 0 Å². The lowest BCUT2D eigenvalue weighted by Gasteiger charge is -2.12. The molecule has 0 amide bonds. The van der Waals surface area contributed by atoms with Gasteiger partial charge >= 0.3 is 6.18 Å². The summed E-state index contributed by atoms with van der Waals surface area (Å²) >= 11 is 0. The Morgan fingerprint density at radius 3 is 2.50 bits per heavy atom. The van der Waals surface area contributed by atoms with Crippen LogP contribution in [0.5, 0.6) is 0 Å². The molecule has 0 bridgehead atoms. The highest BCUT2D eigenvalue weighted by molar-refractivity contribution is 5.85. The SMILES string of the molecule is Cc1nn2ccc(-c3ccccc3C(F)(F)F)nc2c1N.Cl. The smallest absolute Gasteiger partial charge is 0.394 e. The predicted octanol–water partition coefficient (Wildman–Crippen LogP) is 3.73. The molecule has 116 valence electrons. The number of fused-ring (bicyclic) bond motifs is 1. The monoisotopic (exact) mass is 328 g/mol. The molecule has 2 N–H and O–H groups in total. The molecule has 8 heteroatoms. The minimum atomic E-state index is -4.44. The van der Waals surface area contributed by atoms with Crippen molar-refractivity contribution in [2.75, 3.05) is 5.73 Å². The topological polar surface area (TPSA) is 56.2 Å². The molecule has 0 unspecified atom stereocenters. The second kappa shape index (κ2) is 5.49. The maximum Gasteiger partial charge on any atom is 0.417 e. The van der Waals surface area contributed by atoms with E-state index in [0.29, 0.717) is 17.0 Å². The molecule has 3 aromatic rings. The van der Waals surface area contributed by atoms with Crippen LogP contribution in [-0.4, -0.2) is 14.6 Å². The van der Waals surface area contributed by atoms with Crippen LogP contribution >= 0.6 is 12.4 Å². The number of nitrogens with zero attached hydrogens (tertiary/aromatic N) is 3. The van der Waals surface area contributed by atoms with Gasteiger partial charge in [-0.25, -0.2) is 9.50 Å². The van der Waals surface area contributed by atoms with Crippen molar-refractivity contribution >= 4 is 23.7 Å². The number of hydrogen-bond donors (Lipinski definition) is 1. The number of alkyl halides is 3. The van der Waals surface area contributed by atoms with Gasteiger partial charge < -0.3 is 5.73 Å². The van der Waals surface area contributed by atoms with E-state index in [4.69, 9.17) is 5.73 Å². The van der Waals surface area contributed by atoms with Gasteiger partial charge in [0, 0.05) is 11.8 Å². The van der Waals surface area contributed by atoms with Crippen LogP contribution in [0.3, 0.4) is 0 Å². The first-order valence-corrected chi connectivity index (χ1v) is 6.16. The average Bonchev–Trinajstić information content (AvgIpc) is 2.73. The third-order valence-corrected chi connectivity index (χ3v) is 3.21. The van der Waals surface area contributed by atoms with Gasteiger partial charge in [0.05, 0.1) is 17.0 Å². The number of aryl methyl sites for hydroxylation is 1. The number of aromatic nitrogens is 3. The molecule has 0 aliphatic rings. The Labute approximate surface area is 130 Å². The molecule has 0 saturated heterocycles. The maximum atomic E-state index is 13.1. The Morgan fingerprint density at radius 1 is 1.14 bits per heavy atom. The largest absolute Gasteiger partial charge is 0.417 e. The van der Waals surface area contributed by atoms with E-state index in [9.17, 15) is 13.2 Å². The summed E-state index contributed by atoms with van der Waals surface area (Å²) in [6, 6.07) is 6.81. The van der Waals surface area contributed by atoms with Gasteiger partial charge in [-0.05, 0) is 19.1 Å². The molecule has 2 aromatic heterocycles. The summed E-state index contributed by atoms with van der Waals surface area (Å²) in [5.41, 5.74) is 6.64. The maximum absolute atomic E-state index is 13.1. The van der Waals surface area contributed by atoms with E-state index in [2.05, 4.69) is 10.1 Å². The first-order valence-electron chi connectivity index (χ1n) is 6.16. The molecule has 0 spiro atoms. The molecule has 0 fully saturated rings. The van der Waals surface area contributed by atoms with Crippen molar-refractivity contribution in [1.82, 2.24) is 14.6 Å². The fourth-order valence-corrected chi connectivity index (χ4v) is 2.16. The quantitative estimate of drug-likeness (QED) is 0.740. The van der Waals surface area contributed by atoms with Crippen LogP contribution in [0.2, 0.25) is 0 Å². The van der Waals surface area contributed by atoms with Gasteiger partial charge in [0.15, 0.2) is 5.65 Å². The molecule has 0 aliphatic carbocycles. The van der Waals surface area contributed by atoms with Crippen molar-refractivity contribution in [3.05, 3.63) is 47.8 Å². The van der Waals surface area contributed by atoms with Crippen molar-refractivity contribution in [1.29, 1.82) is 0 Å². The zero-order valence-corrected chi connectivity index (χ0v) is 12.2. The number of rotatable bonds is 1. The number of hydrogen-bond acceptors (Lipinski definition) is 3. The number of nitrogen functional groups attached to an aromatic ring is 1. The molecule has 0 atom stereocenters. The van der Waals surface area contributed by atoms with Gasteiger partial charge in [-0.3, -0.25) is 0 Å². The zero-order chi connectivity index (χ0) is 15.2. The lowest BCUT2D eigenvalue weighted by molar-refractivity contribution is -0.137. The Hall–Kier alpha value is -2.28. The third-order valence-electron chi connectivity index (χ3n) is 3.21. The van der Waals surface area contributed by atoms with Gasteiger partial charge in [-0.2, -0.15) is 18.3 Å². The molecule has 4 nitrogen and oxygen atoms in total. The molecule has 0 aliphatic heterocycles. The van der Waals surface area contributed by atoms with E-state index in [-0.39, 0.29) is 23.7 Å². The molecule has 1 aromatic carbocycles. The van der Waals surface area contributed by atoms with Crippen molar-refractivity contribution in [3.63, 3.8) is 0 Å². The van der Waals surface area contributed by atoms with E-state index in [0.717, 1.165) is 6.07 Å². The van der Waals surface area contributed by atoms with Crippen LogP contribution in [0.4, 0.5) is 18.9 Å². The van der Waals surface area contributed by atoms with Crippen LogP contribution in [0.25, 0.3) is 16.9 Å². The van der Waals surface area contributed by atoms with Gasteiger partial charge in [0.1, 0.15) is 5.69 Å². The molecule has 3 rings (SSSR count). The number of benzene rings is 1. The number of halogens is 4. The van der Waals surface area contributed by atoms with Gasteiger partial charge in [0.25, 0.3) is 0 Å². The normalized spacial score (nSPS) is 11.5. The summed E-state index contributed by atoms with van der Waals surface area (Å²) in [4.78, 5) is 4.22. The fraction of sp³-hybridized carbons (Fsp3) is 0.143. The van der Waals surface area contributed by atoms with E-state index >= 15 is 0 Å². The van der Waals surface area contributed by atoms with Crippen LogP contribution in [0.15, 0.2) is 36.5 Å². The predicted molar refractivity (Wildman–Crippen MR) is 79.8 cm³/mol. The van der Waals surface area contributed by atoms with Crippen LogP contribution in [0, 0.1) is 6.92 Å². The van der Waals surface area contributed by atoms with Crippen LogP contribution in [0.1, 0.15) is 11.3 Å². The van der Waals surface area contributed by atoms with E-state index in [1.54, 1.807) is 19.2 Å². The minimum Gasteiger partial charge on any atom is -0.394 e. The van der Waals surface area contributed by atoms with Crippen LogP contribution < -0.4 is 5.73 Å². The Morgan fingerprint density at radius 2 is 1.82 bits per heavy atom. The molecular weight excluding hydrogens is 317 g/mol. The van der Waals surface area contributed by atoms with Gasteiger partial charge in [-0.1, -0.05) is 18.2 Å². The highest BCUT2D eigenvalue weighted by Crippen LogP contribution is 2.36. The molecule has 0 saturated carbocycles. The van der Waals surface area contributed by atoms with Gasteiger partial charge in [0.2, 0.25) is 0 Å². The van der Waals surface area contributed by atoms with E-state index in [1.807, 2.05) is 0 Å². The molecule has 2 heterocycles. The molecule has 0 radical (unpaired) electrons. The van der Waals surface area contributed by atoms with Crippen molar-refractivity contribution in [2.45, 2.75) is 13.1 Å². The summed E-state index contributed by atoms with van der Waals surface area (Å²) in [5, 5.41) is 4.13. The minimum absolute atomic E-state index is 0. The first-order chi connectivity index (χ1) is 9.88. The van der Waals surface area contributed by atoms with Gasteiger partial charge in [-0.15, -0.1) is 12.4 Å². The summed E-state index contributed by atoms with van der Waals surface area (Å²) in [7, 11) is 0. The van der Waals surface area contributed by atoms with Crippen molar-refractivity contribution < 1.29 is 13.2 Å². The standard InChI is InChI=1S/C14H11F3N4.ClH/c1-8-12(18)13-19-11(6-7-21(13)20-8)9-4-2-3-5-10(9)14(15,16)17;/h2-7H,18H2,1H3;1H. The Kier molecular flexibility index (Phi) is 4.02. The van der Waals surface area contributed by atoms with Crippen LogP contribution in [-0.2, 0) is 6.18 Å². The highest BCUT2D eigenvalue weighted by atomic mass is 35.5. The zero-order valence-electron chi connectivity index (χ0n) is 11.4. The van der Waals surface area contributed by atoms with E-state index in [1.165, 1.54) is 22.7 Å². The van der Waals surface area contributed by atoms with Crippen molar-refractivity contribution in [3.8, 4) is 11.3 Å². The summed E-state index contributed by atoms with van der Waals surface area (Å²) < 4.78 is 40.6. The Balaban J connectivity index is 0.00000176. The summed E-state index contributed by atoms with van der Waals surface area (Å²) in [5.74, 6) is 0. The fourth-order valence-electron chi connectivity index (χ4n) is 2.16. The molecular formula is C14H12ClF3N4. The molecule has 22 heavy (non-hydrogen) atoms. The first kappa shape index (κ1) is 16.1. The average molecular weight is 329 g/mol. The van der Waals surface area contributed by atoms with E-state index < -0.39 is 11.7 Å². The summed E-state index contributed by atoms with van der Waals surface area (Å²) in [6.07, 6.45) is -2.89. The highest BCUT2D eigenvalue weighted by Gasteiger charge is 2.33.